The molecule has 0 fully saturated rings. The Bertz CT molecular complexity index is 2640. The lowest BCUT2D eigenvalue weighted by Crippen LogP contribution is -2.62. The van der Waals surface area contributed by atoms with E-state index < -0.39 is 132 Å². The second-order valence-corrected chi connectivity index (χ2v) is 21.2. The molecule has 28 nitrogen and oxygen atoms in total. The van der Waals surface area contributed by atoms with Crippen molar-refractivity contribution in [1.29, 1.82) is 0 Å². The van der Waals surface area contributed by atoms with Gasteiger partial charge in [0.15, 0.2) is 5.96 Å². The minimum atomic E-state index is -1.78. The molecular weight excluding hydrogens is 1100 g/mol. The molecule has 0 bridgehead atoms. The predicted octanol–water partition coefficient (Wildman–Crippen LogP) is -1.78. The Morgan fingerprint density at radius 3 is 1.51 bits per heavy atom. The first-order valence-electron chi connectivity index (χ1n) is 28.6. The van der Waals surface area contributed by atoms with Crippen LogP contribution in [0.15, 0.2) is 78.2 Å². The Balaban J connectivity index is 1.92. The van der Waals surface area contributed by atoms with Gasteiger partial charge in [0.25, 0.3) is 0 Å². The molecule has 0 unspecified atom stereocenters. The number of imidazole rings is 1. The Kier molecular flexibility index (Phi) is 31.3. The quantitative estimate of drug-likeness (QED) is 0.0170. The van der Waals surface area contributed by atoms with Crippen LogP contribution in [0.1, 0.15) is 109 Å². The Hall–Kier alpha value is -8.50. The third-order valence-corrected chi connectivity index (χ3v) is 13.9. The first kappa shape index (κ1) is 70.8. The maximum atomic E-state index is 14.5. The number of carbonyl (C=O) groups excluding carboxylic acids is 8. The highest BCUT2D eigenvalue weighted by Gasteiger charge is 2.37. The van der Waals surface area contributed by atoms with E-state index in [1.54, 1.807) is 88.4 Å². The molecule has 3 aromatic rings. The van der Waals surface area contributed by atoms with Gasteiger partial charge in [0, 0.05) is 37.7 Å². The van der Waals surface area contributed by atoms with Crippen LogP contribution in [0, 0.1) is 11.8 Å². The number of unbranched alkanes of at least 4 members (excludes halogenated alkanes) is 2. The Morgan fingerprint density at radius 1 is 0.541 bits per heavy atom. The summed E-state index contributed by atoms with van der Waals surface area (Å²) in [5.41, 5.74) is 30.4. The molecule has 85 heavy (non-hydrogen) atoms. The maximum absolute atomic E-state index is 14.5. The Labute approximate surface area is 494 Å². The highest BCUT2D eigenvalue weighted by atomic mass is 16.4. The average molecular weight is 1190 g/mol. The van der Waals surface area contributed by atoms with Crippen LogP contribution in [0.2, 0.25) is 0 Å². The van der Waals surface area contributed by atoms with E-state index in [0.717, 1.165) is 0 Å². The molecule has 0 saturated heterocycles. The number of nitrogens with zero attached hydrogens (tertiary/aromatic N) is 2. The van der Waals surface area contributed by atoms with Crippen molar-refractivity contribution in [2.45, 2.75) is 166 Å². The normalized spacial score (nSPS) is 14.6. The second-order valence-electron chi connectivity index (χ2n) is 21.2. The maximum Gasteiger partial charge on any atom is 0.326 e. The van der Waals surface area contributed by atoms with Crippen LogP contribution in [-0.2, 0) is 67.2 Å². The molecule has 0 spiro atoms. The summed E-state index contributed by atoms with van der Waals surface area (Å²) < 4.78 is 0. The fourth-order valence-corrected chi connectivity index (χ4v) is 8.86. The second kappa shape index (κ2) is 37.6. The zero-order valence-corrected chi connectivity index (χ0v) is 48.9. The van der Waals surface area contributed by atoms with Gasteiger partial charge in [-0.15, -0.1) is 0 Å². The number of benzene rings is 2. The van der Waals surface area contributed by atoms with Gasteiger partial charge >= 0.3 is 11.9 Å². The van der Waals surface area contributed by atoms with Gasteiger partial charge in [-0.1, -0.05) is 101 Å². The van der Waals surface area contributed by atoms with Crippen LogP contribution in [-0.4, -0.2) is 159 Å². The lowest BCUT2D eigenvalue weighted by molar-refractivity contribution is -0.143. The number of carboxylic acid groups (broad SMARTS) is 2. The van der Waals surface area contributed by atoms with Gasteiger partial charge in [-0.2, -0.15) is 0 Å². The summed E-state index contributed by atoms with van der Waals surface area (Å²) in [7, 11) is 0. The lowest BCUT2D eigenvalue weighted by Gasteiger charge is -2.31. The number of aromatic amines is 1. The molecule has 10 atom stereocenters. The summed E-state index contributed by atoms with van der Waals surface area (Å²) in [4.78, 5) is 148. The van der Waals surface area contributed by atoms with E-state index in [1.807, 2.05) is 0 Å². The molecule has 1 aromatic heterocycles. The molecule has 3 rings (SSSR count). The number of aliphatic imine (C=N–C) groups is 1. The van der Waals surface area contributed by atoms with Crippen molar-refractivity contribution in [2.75, 3.05) is 19.6 Å². The first-order chi connectivity index (χ1) is 40.5. The van der Waals surface area contributed by atoms with E-state index in [9.17, 15) is 58.2 Å². The SMILES string of the molecule is CC[C@H](C)[C@H](NC(=O)[C@@H](NC(=O)[C@H](CCCN=C(N)N)NC(=O)[C@H](Cc1cnc[nH]1)NC(=O)[C@H](Cc1ccccc1)NC(=O)[C@@H](N)CCCCN)C(C)C)C(=O)N[C@@H](CCCCN)C(=O)N[C@@H](CC(=O)O)C(=O)N[C@@H](Cc1ccccc1)C(=O)O. The summed E-state index contributed by atoms with van der Waals surface area (Å²) in [5, 5.41) is 40.6. The van der Waals surface area contributed by atoms with Crippen LogP contribution in [0.4, 0.5) is 0 Å². The molecule has 0 aliphatic rings. The van der Waals surface area contributed by atoms with E-state index in [2.05, 4.69) is 57.5 Å². The van der Waals surface area contributed by atoms with Crippen molar-refractivity contribution in [3.8, 4) is 0 Å². The molecule has 1 heterocycles. The zero-order valence-electron chi connectivity index (χ0n) is 48.9. The van der Waals surface area contributed by atoms with Gasteiger partial charge in [0.1, 0.15) is 48.3 Å². The number of H-pyrrole nitrogens is 1. The summed E-state index contributed by atoms with van der Waals surface area (Å²) in [6.45, 7) is 7.33. The monoisotopic (exact) mass is 1190 g/mol. The molecule has 0 radical (unpaired) electrons. The Morgan fingerprint density at radius 2 is 0.988 bits per heavy atom. The topological polar surface area (TPSA) is 479 Å². The fraction of sp³-hybridized carbons (Fsp3) is 0.544. The number of hydrogen-bond acceptors (Lipinski definition) is 15. The van der Waals surface area contributed by atoms with E-state index >= 15 is 0 Å². The van der Waals surface area contributed by atoms with Gasteiger partial charge in [0.05, 0.1) is 18.8 Å². The van der Waals surface area contributed by atoms with E-state index in [4.69, 9.17) is 28.7 Å². The number of carboxylic acids is 2. The molecule has 21 N–H and O–H groups in total. The van der Waals surface area contributed by atoms with Crippen molar-refractivity contribution in [3.63, 3.8) is 0 Å². The molecule has 8 amide bonds. The van der Waals surface area contributed by atoms with Crippen molar-refractivity contribution < 1.29 is 58.2 Å². The minimum Gasteiger partial charge on any atom is -0.481 e. The number of guanidine groups is 1. The largest absolute Gasteiger partial charge is 0.481 e. The molecule has 0 aliphatic heterocycles. The van der Waals surface area contributed by atoms with E-state index in [-0.39, 0.29) is 64.0 Å². The number of nitrogens with two attached hydrogens (primary N) is 5. The van der Waals surface area contributed by atoms with Crippen LogP contribution < -0.4 is 71.2 Å². The van der Waals surface area contributed by atoms with E-state index in [0.29, 0.717) is 55.5 Å². The lowest BCUT2D eigenvalue weighted by atomic mass is 9.95. The number of aliphatic carboxylic acids is 2. The summed E-state index contributed by atoms with van der Waals surface area (Å²) >= 11 is 0. The summed E-state index contributed by atoms with van der Waals surface area (Å²) in [5.74, 6) is -11.1. The minimum absolute atomic E-state index is 0.0221. The number of amides is 8. The van der Waals surface area contributed by atoms with Gasteiger partial charge in [-0.05, 0) is 81.0 Å². The van der Waals surface area contributed by atoms with Crippen LogP contribution in [0.25, 0.3) is 0 Å². The van der Waals surface area contributed by atoms with Gasteiger partial charge in [-0.25, -0.2) is 9.78 Å². The number of hydrogen-bond donors (Lipinski definition) is 16. The van der Waals surface area contributed by atoms with Gasteiger partial charge in [-0.3, -0.25) is 48.1 Å². The number of nitrogens with one attached hydrogen (secondary N) is 9. The predicted molar refractivity (Wildman–Crippen MR) is 316 cm³/mol. The fourth-order valence-electron chi connectivity index (χ4n) is 8.86. The van der Waals surface area contributed by atoms with Gasteiger partial charge in [0.2, 0.25) is 47.3 Å². The molecule has 0 aliphatic carbocycles. The van der Waals surface area contributed by atoms with Crippen LogP contribution >= 0.6 is 0 Å². The number of aromatic nitrogens is 2. The van der Waals surface area contributed by atoms with Crippen molar-refractivity contribution in [2.24, 2.45) is 45.5 Å². The smallest absolute Gasteiger partial charge is 0.326 e. The summed E-state index contributed by atoms with van der Waals surface area (Å²) in [6, 6.07) is 4.87. The van der Waals surface area contributed by atoms with Crippen molar-refractivity contribution in [1.82, 2.24) is 52.5 Å². The molecule has 2 aromatic carbocycles. The highest BCUT2D eigenvalue weighted by molar-refractivity contribution is 5.99. The molecule has 28 heteroatoms. The van der Waals surface area contributed by atoms with Crippen molar-refractivity contribution >= 4 is 65.2 Å². The standard InChI is InChI=1S/C57H88N16O12/c1-5-34(4)47(55(83)67-39(22-13-15-25-59)49(77)70-43(30-45(74)75)53(81)71-44(56(84)85)28-36-19-10-7-11-20-36)73-54(82)46(33(2)3)72-50(78)40(23-16-26-64-57(61)62)66-52(80)42(29-37-31-63-32-65-37)69-51(79)41(27-35-17-8-6-9-18-35)68-48(76)38(60)21-12-14-24-58/h6-11,17-20,31-34,38-44,46-47H,5,12-16,21-30,58-60H2,1-4H3,(H,63,65)(H,66,80)(H,67,83)(H,68,76)(H,69,79)(H,70,77)(H,71,81)(H,72,78)(H,73,82)(H,74,75)(H,84,85)(H4,61,62,64)/t34-,38-,39-,40-,41-,42-,43-,44-,46-,47-/m0/s1. The third kappa shape index (κ3) is 25.9. The summed E-state index contributed by atoms with van der Waals surface area (Å²) in [6.07, 6.45) is 4.10. The first-order valence-corrected chi connectivity index (χ1v) is 28.6. The molecule has 468 valence electrons. The molecular formula is C57H88N16O12. The number of rotatable bonds is 40. The van der Waals surface area contributed by atoms with Crippen molar-refractivity contribution in [3.05, 3.63) is 90.0 Å². The van der Waals surface area contributed by atoms with Crippen LogP contribution in [0.3, 0.4) is 0 Å². The third-order valence-electron chi connectivity index (χ3n) is 13.9. The van der Waals surface area contributed by atoms with Gasteiger partial charge < -0.3 is 86.4 Å². The molecule has 0 saturated carbocycles. The highest BCUT2D eigenvalue weighted by Crippen LogP contribution is 2.15. The number of carbonyl (C=O) groups is 10. The van der Waals surface area contributed by atoms with Crippen LogP contribution in [0.5, 0.6) is 0 Å². The zero-order chi connectivity index (χ0) is 63.0. The van der Waals surface area contributed by atoms with E-state index in [1.165, 1.54) is 12.5 Å². The average Bonchev–Trinajstić information content (AvgIpc) is 4.01.